The highest BCUT2D eigenvalue weighted by molar-refractivity contribution is 7.89. The van der Waals surface area contributed by atoms with Crippen molar-refractivity contribution in [1.29, 1.82) is 0 Å². The highest BCUT2D eigenvalue weighted by Gasteiger charge is 2.34. The van der Waals surface area contributed by atoms with Crippen molar-refractivity contribution >= 4 is 15.9 Å². The zero-order valence-corrected chi connectivity index (χ0v) is 13.8. The number of hydrogen-bond donors (Lipinski definition) is 1. The van der Waals surface area contributed by atoms with Gasteiger partial charge in [-0.3, -0.25) is 4.79 Å². The first-order valence-corrected chi connectivity index (χ1v) is 8.89. The molecule has 0 spiro atoms. The molecule has 124 valence electrons. The van der Waals surface area contributed by atoms with Gasteiger partial charge >= 0.3 is 0 Å². The van der Waals surface area contributed by atoms with E-state index in [0.717, 1.165) is 18.5 Å². The van der Waals surface area contributed by atoms with Crippen molar-refractivity contribution in [2.24, 2.45) is 12.2 Å². The van der Waals surface area contributed by atoms with Gasteiger partial charge in [-0.1, -0.05) is 0 Å². The minimum Gasteiger partial charge on any atom is -0.455 e. The molecule has 1 aliphatic rings. The molecule has 1 amide bonds. The molecule has 2 N–H and O–H groups in total. The Morgan fingerprint density at radius 3 is 2.74 bits per heavy atom. The van der Waals surface area contributed by atoms with Crippen LogP contribution in [-0.4, -0.2) is 30.3 Å². The molecule has 0 aliphatic carbocycles. The average Bonchev–Trinajstić information content (AvgIpc) is 3.15. The number of rotatable bonds is 3. The molecule has 1 fully saturated rings. The molecule has 0 bridgehead atoms. The van der Waals surface area contributed by atoms with E-state index in [1.807, 2.05) is 29.9 Å². The number of carbonyl (C=O) groups excluding carboxylic acids is 1. The molecule has 0 saturated carbocycles. The molecule has 7 nitrogen and oxygen atoms in total. The van der Waals surface area contributed by atoms with Gasteiger partial charge in [-0.25, -0.2) is 13.6 Å². The molecular weight excluding hydrogens is 318 g/mol. The fourth-order valence-electron chi connectivity index (χ4n) is 3.13. The molecule has 3 heterocycles. The average molecular weight is 337 g/mol. The van der Waals surface area contributed by atoms with Gasteiger partial charge in [0.15, 0.2) is 5.76 Å². The fraction of sp³-hybridized carbons (Fsp3) is 0.400. The summed E-state index contributed by atoms with van der Waals surface area (Å²) in [5.41, 5.74) is 1.05. The summed E-state index contributed by atoms with van der Waals surface area (Å²) in [6.07, 6.45) is 3.70. The molecule has 8 heteroatoms. The van der Waals surface area contributed by atoms with E-state index in [-0.39, 0.29) is 28.4 Å². The van der Waals surface area contributed by atoms with Crippen molar-refractivity contribution in [2.75, 3.05) is 6.54 Å². The van der Waals surface area contributed by atoms with Crippen molar-refractivity contribution in [1.82, 2.24) is 9.47 Å². The molecule has 0 radical (unpaired) electrons. The summed E-state index contributed by atoms with van der Waals surface area (Å²) in [4.78, 5) is 14.3. The maximum absolute atomic E-state index is 12.7. The van der Waals surface area contributed by atoms with Gasteiger partial charge in [0.1, 0.15) is 10.7 Å². The van der Waals surface area contributed by atoms with Crippen LogP contribution in [0.25, 0.3) is 0 Å². The zero-order valence-electron chi connectivity index (χ0n) is 13.0. The van der Waals surface area contributed by atoms with Gasteiger partial charge in [0.05, 0.1) is 6.04 Å². The van der Waals surface area contributed by atoms with E-state index in [9.17, 15) is 13.2 Å². The van der Waals surface area contributed by atoms with E-state index in [2.05, 4.69) is 0 Å². The van der Waals surface area contributed by atoms with Gasteiger partial charge in [0, 0.05) is 31.5 Å². The summed E-state index contributed by atoms with van der Waals surface area (Å²) >= 11 is 0. The Morgan fingerprint density at radius 1 is 1.43 bits per heavy atom. The van der Waals surface area contributed by atoms with Gasteiger partial charge in [-0.2, -0.15) is 0 Å². The van der Waals surface area contributed by atoms with Crippen LogP contribution >= 0.6 is 0 Å². The number of nitrogens with zero attached hydrogens (tertiary/aromatic N) is 2. The maximum atomic E-state index is 12.7. The van der Waals surface area contributed by atoms with Crippen LogP contribution in [0.1, 0.15) is 40.9 Å². The van der Waals surface area contributed by atoms with Crippen LogP contribution in [-0.2, 0) is 17.1 Å². The minimum atomic E-state index is -3.90. The van der Waals surface area contributed by atoms with Crippen LogP contribution in [0, 0.1) is 6.92 Å². The van der Waals surface area contributed by atoms with E-state index in [0.29, 0.717) is 6.54 Å². The van der Waals surface area contributed by atoms with Crippen molar-refractivity contribution in [2.45, 2.75) is 30.7 Å². The second-order valence-electron chi connectivity index (χ2n) is 5.78. The van der Waals surface area contributed by atoms with Crippen molar-refractivity contribution in [3.8, 4) is 0 Å². The van der Waals surface area contributed by atoms with Crippen LogP contribution in [0.15, 0.2) is 33.7 Å². The van der Waals surface area contributed by atoms with Gasteiger partial charge in [-0.05, 0) is 31.9 Å². The molecule has 2 aromatic rings. The third kappa shape index (κ3) is 2.79. The second kappa shape index (κ2) is 5.54. The first kappa shape index (κ1) is 15.8. The molecule has 1 aliphatic heterocycles. The van der Waals surface area contributed by atoms with Crippen LogP contribution in [0.3, 0.4) is 0 Å². The number of sulfonamides is 1. The number of amides is 1. The summed E-state index contributed by atoms with van der Waals surface area (Å²) in [5, 5.41) is 5.13. The predicted molar refractivity (Wildman–Crippen MR) is 83.2 cm³/mol. The summed E-state index contributed by atoms with van der Waals surface area (Å²) in [5.74, 6) is -0.176. The topological polar surface area (TPSA) is 98.5 Å². The molecular formula is C15H19N3O4S. The normalized spacial score (nSPS) is 18.6. The van der Waals surface area contributed by atoms with E-state index in [4.69, 9.17) is 9.56 Å². The third-order valence-corrected chi connectivity index (χ3v) is 5.25. The van der Waals surface area contributed by atoms with E-state index < -0.39 is 10.0 Å². The van der Waals surface area contributed by atoms with Crippen molar-refractivity contribution in [3.63, 3.8) is 0 Å². The van der Waals surface area contributed by atoms with Crippen molar-refractivity contribution < 1.29 is 17.6 Å². The Balaban J connectivity index is 1.93. The quantitative estimate of drug-likeness (QED) is 0.918. The van der Waals surface area contributed by atoms with Gasteiger partial charge < -0.3 is 13.9 Å². The standard InChI is InChI=1S/C15H19N3O4S/c1-10-14(23(16,20)21)9-13(22-10)15(19)18-8-4-6-12(18)11-5-3-7-17(11)2/h3,5,7,9,12H,4,6,8H2,1-2H3,(H2,16,20,21)/t12-/m1/s1. The number of likely N-dealkylation sites (tertiary alicyclic amines) is 1. The highest BCUT2D eigenvalue weighted by Crippen LogP contribution is 2.33. The molecule has 1 atom stereocenters. The van der Waals surface area contributed by atoms with E-state index in [1.54, 1.807) is 4.90 Å². The van der Waals surface area contributed by atoms with Crippen LogP contribution < -0.4 is 5.14 Å². The first-order valence-electron chi connectivity index (χ1n) is 7.34. The number of carbonyl (C=O) groups is 1. The minimum absolute atomic E-state index is 0.00707. The molecule has 0 aromatic carbocycles. The van der Waals surface area contributed by atoms with E-state index in [1.165, 1.54) is 13.0 Å². The smallest absolute Gasteiger partial charge is 0.290 e. The van der Waals surface area contributed by atoms with Crippen LogP contribution in [0.5, 0.6) is 0 Å². The fourth-order valence-corrected chi connectivity index (χ4v) is 3.85. The lowest BCUT2D eigenvalue weighted by atomic mass is 10.1. The van der Waals surface area contributed by atoms with Gasteiger partial charge in [0.2, 0.25) is 10.0 Å². The molecule has 1 saturated heterocycles. The molecule has 2 aromatic heterocycles. The number of primary sulfonamides is 1. The number of aryl methyl sites for hydroxylation is 2. The molecule has 0 unspecified atom stereocenters. The van der Waals surface area contributed by atoms with Crippen molar-refractivity contribution in [3.05, 3.63) is 41.6 Å². The number of nitrogens with two attached hydrogens (primary N) is 1. The summed E-state index contributed by atoms with van der Waals surface area (Å²) < 4.78 is 30.3. The monoisotopic (exact) mass is 337 g/mol. The largest absolute Gasteiger partial charge is 0.455 e. The Labute approximate surface area is 134 Å². The molecule has 23 heavy (non-hydrogen) atoms. The van der Waals surface area contributed by atoms with Gasteiger partial charge in [-0.15, -0.1) is 0 Å². The Bertz CT molecular complexity index is 850. The zero-order chi connectivity index (χ0) is 16.8. The Hall–Kier alpha value is -2.06. The van der Waals surface area contributed by atoms with Crippen LogP contribution in [0.4, 0.5) is 0 Å². The summed E-state index contributed by atoms with van der Waals surface area (Å²) in [7, 11) is -1.96. The summed E-state index contributed by atoms with van der Waals surface area (Å²) in [6, 6.07) is 5.10. The Kier molecular flexibility index (Phi) is 3.81. The Morgan fingerprint density at radius 2 is 2.17 bits per heavy atom. The highest BCUT2D eigenvalue weighted by atomic mass is 32.2. The predicted octanol–water partition coefficient (Wildman–Crippen LogP) is 1.55. The lowest BCUT2D eigenvalue weighted by Crippen LogP contribution is -2.31. The lowest BCUT2D eigenvalue weighted by Gasteiger charge is -2.24. The van der Waals surface area contributed by atoms with Gasteiger partial charge in [0.25, 0.3) is 5.91 Å². The summed E-state index contributed by atoms with van der Waals surface area (Å²) in [6.45, 7) is 2.09. The number of hydrogen-bond acceptors (Lipinski definition) is 4. The third-order valence-electron chi connectivity index (χ3n) is 4.23. The number of aromatic nitrogens is 1. The maximum Gasteiger partial charge on any atom is 0.290 e. The first-order chi connectivity index (χ1) is 10.8. The SMILES string of the molecule is Cc1oc(C(=O)N2CCC[C@@H]2c2cccn2C)cc1S(N)(=O)=O. The number of furan rings is 1. The second-order valence-corrected chi connectivity index (χ2v) is 7.31. The van der Waals surface area contributed by atoms with Crippen LogP contribution in [0.2, 0.25) is 0 Å². The lowest BCUT2D eigenvalue weighted by molar-refractivity contribution is 0.0697. The molecule has 3 rings (SSSR count). The van der Waals surface area contributed by atoms with E-state index >= 15 is 0 Å².